The van der Waals surface area contributed by atoms with Gasteiger partial charge < -0.3 is 5.11 Å². The number of carbonyl (C=O) groups is 1. The number of aromatic carboxylic acids is 1. The Kier molecular flexibility index (Phi) is 5.08. The zero-order chi connectivity index (χ0) is 18.9. The van der Waals surface area contributed by atoms with Gasteiger partial charge in [0, 0.05) is 32.4 Å². The summed E-state index contributed by atoms with van der Waals surface area (Å²) in [7, 11) is -0.445. The summed E-state index contributed by atoms with van der Waals surface area (Å²) < 4.78 is 27.9. The Morgan fingerprint density at radius 3 is 2.73 bits per heavy atom. The fraction of sp³-hybridized carbons (Fsp3) is 0.333. The average Bonchev–Trinajstić information content (AvgIpc) is 3.12. The zero-order valence-corrected chi connectivity index (χ0v) is 15.5. The minimum Gasteiger partial charge on any atom is -0.478 e. The predicted octanol–water partition coefficient (Wildman–Crippen LogP) is 2.39. The Morgan fingerprint density at radius 2 is 2.04 bits per heavy atom. The number of carboxylic acids is 1. The summed E-state index contributed by atoms with van der Waals surface area (Å²) in [5.74, 6) is -0.998. The summed E-state index contributed by atoms with van der Waals surface area (Å²) in [6.07, 6.45) is 3.17. The highest BCUT2D eigenvalue weighted by Gasteiger charge is 2.36. The number of nitrogens with zero attached hydrogens (tertiary/aromatic N) is 3. The van der Waals surface area contributed by atoms with Crippen LogP contribution < -0.4 is 0 Å². The predicted molar refractivity (Wildman–Crippen MR) is 97.9 cm³/mol. The minimum absolute atomic E-state index is 0.187. The molecule has 26 heavy (non-hydrogen) atoms. The topological polar surface area (TPSA) is 90.8 Å². The van der Waals surface area contributed by atoms with Gasteiger partial charge in [-0.2, -0.15) is 17.0 Å². The third-order valence-electron chi connectivity index (χ3n) is 4.54. The zero-order valence-electron chi connectivity index (χ0n) is 14.7. The molecule has 0 bridgehead atoms. The lowest BCUT2D eigenvalue weighted by molar-refractivity contribution is 0.0697. The molecule has 1 aliphatic rings. The molecule has 1 aromatic heterocycles. The number of aromatic nitrogens is 1. The van der Waals surface area contributed by atoms with Crippen LogP contribution in [0.4, 0.5) is 0 Å². The second kappa shape index (κ2) is 7.14. The lowest BCUT2D eigenvalue weighted by Gasteiger charge is -2.27. The molecule has 138 valence electrons. The van der Waals surface area contributed by atoms with Crippen LogP contribution in [0.25, 0.3) is 11.3 Å². The summed E-state index contributed by atoms with van der Waals surface area (Å²) in [4.78, 5) is 15.5. The van der Waals surface area contributed by atoms with Gasteiger partial charge in [0.05, 0.1) is 17.3 Å². The van der Waals surface area contributed by atoms with Gasteiger partial charge in [-0.15, -0.1) is 0 Å². The minimum atomic E-state index is -3.50. The molecule has 2 heterocycles. The van der Waals surface area contributed by atoms with Crippen LogP contribution in [0.3, 0.4) is 0 Å². The van der Waals surface area contributed by atoms with Crippen molar-refractivity contribution in [2.24, 2.45) is 0 Å². The van der Waals surface area contributed by atoms with Crippen LogP contribution in [0.15, 0.2) is 42.6 Å². The van der Waals surface area contributed by atoms with E-state index in [1.807, 2.05) is 12.1 Å². The summed E-state index contributed by atoms with van der Waals surface area (Å²) in [6.45, 7) is 0.483. The summed E-state index contributed by atoms with van der Waals surface area (Å²) in [5, 5.41) is 9.16. The van der Waals surface area contributed by atoms with Crippen molar-refractivity contribution >= 4 is 16.2 Å². The van der Waals surface area contributed by atoms with E-state index < -0.39 is 16.2 Å². The molecule has 1 aromatic carbocycles. The Hall–Kier alpha value is -2.29. The molecular formula is C18H21N3O4S. The highest BCUT2D eigenvalue weighted by molar-refractivity contribution is 7.86. The molecule has 0 spiro atoms. The van der Waals surface area contributed by atoms with Gasteiger partial charge in [0.1, 0.15) is 0 Å². The number of rotatable bonds is 5. The van der Waals surface area contributed by atoms with E-state index in [0.29, 0.717) is 17.8 Å². The maximum atomic E-state index is 12.6. The van der Waals surface area contributed by atoms with Crippen molar-refractivity contribution in [3.63, 3.8) is 0 Å². The van der Waals surface area contributed by atoms with E-state index in [-0.39, 0.29) is 11.6 Å². The van der Waals surface area contributed by atoms with Crippen molar-refractivity contribution in [1.82, 2.24) is 13.6 Å². The van der Waals surface area contributed by atoms with Crippen LogP contribution >= 0.6 is 0 Å². The van der Waals surface area contributed by atoms with E-state index in [1.54, 1.807) is 24.4 Å². The number of hydrogen-bond donors (Lipinski definition) is 1. The van der Waals surface area contributed by atoms with Gasteiger partial charge >= 0.3 is 5.97 Å². The quantitative estimate of drug-likeness (QED) is 0.866. The molecule has 1 atom stereocenters. The summed E-state index contributed by atoms with van der Waals surface area (Å²) in [6, 6.07) is 9.97. The van der Waals surface area contributed by atoms with Gasteiger partial charge in [-0.25, -0.2) is 4.79 Å². The summed E-state index contributed by atoms with van der Waals surface area (Å²) >= 11 is 0. The molecule has 8 heteroatoms. The van der Waals surface area contributed by atoms with Crippen LogP contribution in [-0.4, -0.2) is 53.7 Å². The lowest BCUT2D eigenvalue weighted by atomic mass is 10.0. The molecule has 1 unspecified atom stereocenters. The van der Waals surface area contributed by atoms with E-state index in [0.717, 1.165) is 18.4 Å². The second-order valence-corrected chi connectivity index (χ2v) is 8.51. The smallest absolute Gasteiger partial charge is 0.335 e. The van der Waals surface area contributed by atoms with Crippen LogP contribution in [0.2, 0.25) is 0 Å². The van der Waals surface area contributed by atoms with Gasteiger partial charge in [-0.1, -0.05) is 12.1 Å². The molecule has 0 aliphatic carbocycles. The highest BCUT2D eigenvalue weighted by Crippen LogP contribution is 2.35. The van der Waals surface area contributed by atoms with Crippen molar-refractivity contribution < 1.29 is 18.3 Å². The molecule has 1 aliphatic heterocycles. The Balaban J connectivity index is 1.97. The fourth-order valence-electron chi connectivity index (χ4n) is 3.18. The molecule has 1 N–H and O–H groups in total. The van der Waals surface area contributed by atoms with E-state index >= 15 is 0 Å². The van der Waals surface area contributed by atoms with Crippen molar-refractivity contribution in [1.29, 1.82) is 0 Å². The number of benzene rings is 1. The van der Waals surface area contributed by atoms with Gasteiger partial charge in [-0.3, -0.25) is 4.98 Å². The number of hydrogen-bond acceptors (Lipinski definition) is 4. The van der Waals surface area contributed by atoms with Crippen molar-refractivity contribution in [2.75, 3.05) is 20.6 Å². The first-order valence-corrected chi connectivity index (χ1v) is 9.69. The maximum absolute atomic E-state index is 12.6. The Morgan fingerprint density at radius 1 is 1.27 bits per heavy atom. The van der Waals surface area contributed by atoms with Crippen LogP contribution in [0.5, 0.6) is 0 Å². The van der Waals surface area contributed by atoms with E-state index in [4.69, 9.17) is 5.11 Å². The first kappa shape index (κ1) is 18.5. The Bertz CT molecular complexity index is 928. The Labute approximate surface area is 153 Å². The molecule has 0 amide bonds. The SMILES string of the molecule is CN(C)S(=O)(=O)N1CCCC1c1ccnc(-c2cccc(C(=O)O)c2)c1. The van der Waals surface area contributed by atoms with Crippen molar-refractivity contribution in [3.05, 3.63) is 53.7 Å². The average molecular weight is 375 g/mol. The first-order valence-electron chi connectivity index (χ1n) is 8.29. The van der Waals surface area contributed by atoms with Gasteiger partial charge in [-0.05, 0) is 42.7 Å². The highest BCUT2D eigenvalue weighted by atomic mass is 32.2. The van der Waals surface area contributed by atoms with E-state index in [2.05, 4.69) is 4.98 Å². The van der Waals surface area contributed by atoms with E-state index in [1.165, 1.54) is 28.8 Å². The number of pyridine rings is 1. The van der Waals surface area contributed by atoms with Gasteiger partial charge in [0.2, 0.25) is 0 Å². The molecule has 2 aromatic rings. The van der Waals surface area contributed by atoms with Crippen LogP contribution in [0, 0.1) is 0 Å². The first-order chi connectivity index (χ1) is 12.3. The molecule has 1 saturated heterocycles. The molecule has 1 fully saturated rings. The normalized spacial score (nSPS) is 18.3. The number of carboxylic acid groups (broad SMARTS) is 1. The fourth-order valence-corrected chi connectivity index (χ4v) is 4.51. The summed E-state index contributed by atoms with van der Waals surface area (Å²) in [5.41, 5.74) is 2.36. The third kappa shape index (κ3) is 3.48. The lowest BCUT2D eigenvalue weighted by Crippen LogP contribution is -2.39. The maximum Gasteiger partial charge on any atom is 0.335 e. The molecular weight excluding hydrogens is 354 g/mol. The van der Waals surface area contributed by atoms with Crippen molar-refractivity contribution in [3.8, 4) is 11.3 Å². The monoisotopic (exact) mass is 375 g/mol. The molecule has 3 rings (SSSR count). The van der Waals surface area contributed by atoms with Crippen LogP contribution in [0.1, 0.15) is 34.8 Å². The van der Waals surface area contributed by atoms with Crippen LogP contribution in [-0.2, 0) is 10.2 Å². The van der Waals surface area contributed by atoms with Gasteiger partial charge in [0.25, 0.3) is 10.2 Å². The molecule has 7 nitrogen and oxygen atoms in total. The largest absolute Gasteiger partial charge is 0.478 e. The van der Waals surface area contributed by atoms with E-state index in [9.17, 15) is 13.2 Å². The molecule has 0 radical (unpaired) electrons. The van der Waals surface area contributed by atoms with Crippen molar-refractivity contribution in [2.45, 2.75) is 18.9 Å². The molecule has 0 saturated carbocycles. The standard InChI is InChI=1S/C18H21N3O4S/c1-20(2)26(24,25)21-10-4-7-17(21)14-8-9-19-16(12-14)13-5-3-6-15(11-13)18(22)23/h3,5-6,8-9,11-12,17H,4,7,10H2,1-2H3,(H,22,23). The van der Waals surface area contributed by atoms with Gasteiger partial charge in [0.15, 0.2) is 0 Å². The second-order valence-electron chi connectivity index (χ2n) is 6.42. The third-order valence-corrected chi connectivity index (χ3v) is 6.49.